The maximum absolute atomic E-state index is 11.3. The molecule has 0 amide bonds. The van der Waals surface area contributed by atoms with Gasteiger partial charge in [0.1, 0.15) is 16.7 Å². The normalized spacial score (nSPS) is 16.9. The number of aromatic hydroxyl groups is 1. The highest BCUT2D eigenvalue weighted by Crippen LogP contribution is 2.36. The van der Waals surface area contributed by atoms with Crippen LogP contribution in [0.3, 0.4) is 0 Å². The molecule has 6 rings (SSSR count). The van der Waals surface area contributed by atoms with Crippen LogP contribution in [0.4, 0.5) is 11.5 Å². The minimum absolute atomic E-state index is 0.431. The molecular weight excluding hydrogens is 470 g/mol. The zero-order chi connectivity index (χ0) is 24.6. The van der Waals surface area contributed by atoms with Crippen molar-refractivity contribution in [1.29, 1.82) is 0 Å². The van der Waals surface area contributed by atoms with Crippen LogP contribution in [0.1, 0.15) is 42.5 Å². The Morgan fingerprint density at radius 2 is 1.47 bits per heavy atom. The van der Waals surface area contributed by atoms with Gasteiger partial charge >= 0.3 is 0 Å². The summed E-state index contributed by atoms with van der Waals surface area (Å²) >= 11 is 6.37. The molecule has 2 saturated heterocycles. The van der Waals surface area contributed by atoms with Crippen LogP contribution in [0, 0.1) is 6.92 Å². The van der Waals surface area contributed by atoms with Crippen molar-refractivity contribution in [2.45, 2.75) is 45.7 Å². The number of fused-ring (bicyclic) bond motifs is 3. The Bertz CT molecular complexity index is 1390. The number of hydrogen-bond acceptors (Lipinski definition) is 6. The standard InChI is InChI=1S/C29H32ClN5O/c1-19-27-24(16-26(30)31-19)23-8-2-3-9-25(23)33-29(27)32-22-14-20(17-34-10-4-5-11-34)28(36)21(15-22)18-35-12-6-7-13-35/h2-3,8-9,14-16,36H,4-7,10-13,17-18H2,1H3,(H,32,33). The van der Waals surface area contributed by atoms with Gasteiger partial charge in [-0.2, -0.15) is 0 Å². The van der Waals surface area contributed by atoms with Gasteiger partial charge < -0.3 is 10.4 Å². The molecule has 2 N–H and O–H groups in total. The van der Waals surface area contributed by atoms with Crippen LogP contribution in [0.5, 0.6) is 5.75 Å². The predicted octanol–water partition coefficient (Wildman–Crippen LogP) is 6.39. The Labute approximate surface area is 216 Å². The predicted molar refractivity (Wildman–Crippen MR) is 147 cm³/mol. The molecule has 4 heterocycles. The molecule has 2 aromatic heterocycles. The van der Waals surface area contributed by atoms with Gasteiger partial charge in [0.05, 0.1) is 11.2 Å². The third-order valence-electron chi connectivity index (χ3n) is 7.55. The highest BCUT2D eigenvalue weighted by molar-refractivity contribution is 6.30. The number of aromatic nitrogens is 2. The molecule has 2 aromatic carbocycles. The fourth-order valence-electron chi connectivity index (χ4n) is 5.78. The number of rotatable bonds is 6. The van der Waals surface area contributed by atoms with Gasteiger partial charge in [-0.3, -0.25) is 9.80 Å². The monoisotopic (exact) mass is 501 g/mol. The number of nitrogens with zero attached hydrogens (tertiary/aromatic N) is 4. The Kier molecular flexibility index (Phi) is 6.42. The summed E-state index contributed by atoms with van der Waals surface area (Å²) in [4.78, 5) is 14.4. The number of aryl methyl sites for hydroxylation is 1. The van der Waals surface area contributed by atoms with E-state index in [1.807, 2.05) is 31.2 Å². The van der Waals surface area contributed by atoms with E-state index < -0.39 is 0 Å². The summed E-state index contributed by atoms with van der Waals surface area (Å²) in [5.41, 5.74) is 4.63. The number of halogens is 1. The molecule has 0 saturated carbocycles. The molecule has 36 heavy (non-hydrogen) atoms. The molecule has 186 valence electrons. The highest BCUT2D eigenvalue weighted by Gasteiger charge is 2.20. The van der Waals surface area contributed by atoms with Crippen molar-refractivity contribution in [3.8, 4) is 5.75 Å². The number of benzene rings is 2. The summed E-state index contributed by atoms with van der Waals surface area (Å²) in [7, 11) is 0. The molecule has 0 unspecified atom stereocenters. The fourth-order valence-corrected chi connectivity index (χ4v) is 6.02. The van der Waals surface area contributed by atoms with Crippen molar-refractivity contribution in [3.05, 3.63) is 64.4 Å². The van der Waals surface area contributed by atoms with Gasteiger partial charge in [0.25, 0.3) is 0 Å². The van der Waals surface area contributed by atoms with Gasteiger partial charge in [-0.1, -0.05) is 29.8 Å². The quantitative estimate of drug-likeness (QED) is 0.181. The highest BCUT2D eigenvalue weighted by atomic mass is 35.5. The fraction of sp³-hybridized carbons (Fsp3) is 0.379. The van der Waals surface area contributed by atoms with E-state index in [9.17, 15) is 5.11 Å². The van der Waals surface area contributed by atoms with Crippen molar-refractivity contribution in [3.63, 3.8) is 0 Å². The van der Waals surface area contributed by atoms with Crippen molar-refractivity contribution in [1.82, 2.24) is 19.8 Å². The zero-order valence-electron chi connectivity index (χ0n) is 20.7. The number of pyridine rings is 2. The number of nitrogens with one attached hydrogen (secondary N) is 1. The van der Waals surface area contributed by atoms with E-state index in [4.69, 9.17) is 16.6 Å². The first kappa shape index (κ1) is 23.5. The average Bonchev–Trinajstić information content (AvgIpc) is 3.56. The van der Waals surface area contributed by atoms with E-state index >= 15 is 0 Å². The molecule has 4 aromatic rings. The van der Waals surface area contributed by atoms with Crippen LogP contribution in [-0.4, -0.2) is 51.1 Å². The van der Waals surface area contributed by atoms with Gasteiger partial charge in [0.15, 0.2) is 0 Å². The Morgan fingerprint density at radius 3 is 2.11 bits per heavy atom. The van der Waals surface area contributed by atoms with Crippen LogP contribution < -0.4 is 5.32 Å². The second kappa shape index (κ2) is 9.85. The summed E-state index contributed by atoms with van der Waals surface area (Å²) < 4.78 is 0. The number of phenolic OH excluding ortho intramolecular Hbond substituents is 1. The number of para-hydroxylation sites is 1. The maximum atomic E-state index is 11.3. The van der Waals surface area contributed by atoms with Gasteiger partial charge in [-0.05, 0) is 88.4 Å². The Balaban J connectivity index is 1.45. The average molecular weight is 502 g/mol. The van der Waals surface area contributed by atoms with E-state index in [1.54, 1.807) is 0 Å². The summed E-state index contributed by atoms with van der Waals surface area (Å²) in [5.74, 6) is 1.19. The Hall–Kier alpha value is -2.93. The summed E-state index contributed by atoms with van der Waals surface area (Å²) in [6.45, 7) is 7.83. The number of anilines is 2. The number of likely N-dealkylation sites (tertiary alicyclic amines) is 2. The summed E-state index contributed by atoms with van der Waals surface area (Å²) in [5, 5.41) is 18.4. The van der Waals surface area contributed by atoms with Crippen molar-refractivity contribution in [2.75, 3.05) is 31.5 Å². The molecule has 6 nitrogen and oxygen atoms in total. The van der Waals surface area contributed by atoms with Gasteiger partial charge in [0, 0.05) is 40.7 Å². The molecule has 2 aliphatic rings. The molecule has 0 spiro atoms. The summed E-state index contributed by atoms with van der Waals surface area (Å²) in [6.07, 6.45) is 4.89. The molecular formula is C29H32ClN5O. The number of hydrogen-bond donors (Lipinski definition) is 2. The van der Waals surface area contributed by atoms with Gasteiger partial charge in [-0.15, -0.1) is 0 Å². The van der Waals surface area contributed by atoms with Crippen LogP contribution in [0.25, 0.3) is 21.7 Å². The van der Waals surface area contributed by atoms with Crippen LogP contribution >= 0.6 is 11.6 Å². The van der Waals surface area contributed by atoms with Crippen LogP contribution in [0.2, 0.25) is 5.15 Å². The third-order valence-corrected chi connectivity index (χ3v) is 7.74. The van der Waals surface area contributed by atoms with Crippen LogP contribution in [0.15, 0.2) is 42.5 Å². The second-order valence-electron chi connectivity index (χ2n) is 10.2. The second-order valence-corrected chi connectivity index (χ2v) is 10.6. The lowest BCUT2D eigenvalue weighted by Crippen LogP contribution is -2.20. The molecule has 7 heteroatoms. The maximum Gasteiger partial charge on any atom is 0.140 e. The van der Waals surface area contributed by atoms with E-state index in [-0.39, 0.29) is 0 Å². The van der Waals surface area contributed by atoms with E-state index in [0.717, 1.165) is 89.3 Å². The van der Waals surface area contributed by atoms with E-state index in [0.29, 0.717) is 10.9 Å². The largest absolute Gasteiger partial charge is 0.507 e. The molecule has 2 aliphatic heterocycles. The lowest BCUT2D eigenvalue weighted by atomic mass is 10.0. The van der Waals surface area contributed by atoms with Crippen LogP contribution in [-0.2, 0) is 13.1 Å². The SMILES string of the molecule is Cc1nc(Cl)cc2c1c(Nc1cc(CN3CCCC3)c(O)c(CN3CCCC3)c1)nc1ccccc12. The lowest BCUT2D eigenvalue weighted by Gasteiger charge is -2.22. The van der Waals surface area contributed by atoms with Gasteiger partial charge in [0.2, 0.25) is 0 Å². The first-order valence-corrected chi connectivity index (χ1v) is 13.3. The molecule has 2 fully saturated rings. The molecule has 0 atom stereocenters. The molecule has 0 bridgehead atoms. The smallest absolute Gasteiger partial charge is 0.140 e. The number of phenols is 1. The lowest BCUT2D eigenvalue weighted by molar-refractivity contribution is 0.312. The first-order chi connectivity index (χ1) is 17.5. The van der Waals surface area contributed by atoms with Crippen molar-refractivity contribution < 1.29 is 5.11 Å². The molecule has 0 aliphatic carbocycles. The minimum atomic E-state index is 0.431. The first-order valence-electron chi connectivity index (χ1n) is 13.0. The van der Waals surface area contributed by atoms with E-state index in [2.05, 4.69) is 38.3 Å². The third kappa shape index (κ3) is 4.61. The van der Waals surface area contributed by atoms with Crippen molar-refractivity contribution in [2.24, 2.45) is 0 Å². The van der Waals surface area contributed by atoms with Gasteiger partial charge in [-0.25, -0.2) is 9.97 Å². The summed E-state index contributed by atoms with van der Waals surface area (Å²) in [6, 6.07) is 14.2. The molecule has 0 radical (unpaired) electrons. The zero-order valence-corrected chi connectivity index (χ0v) is 21.5. The Morgan fingerprint density at radius 1 is 0.861 bits per heavy atom. The minimum Gasteiger partial charge on any atom is -0.507 e. The van der Waals surface area contributed by atoms with Crippen molar-refractivity contribution >= 4 is 44.8 Å². The topological polar surface area (TPSA) is 64.5 Å². The van der Waals surface area contributed by atoms with E-state index in [1.165, 1.54) is 25.7 Å².